The molecule has 4 nitrogen and oxygen atoms in total. The van der Waals surface area contributed by atoms with E-state index in [1.54, 1.807) is 18.2 Å². The highest BCUT2D eigenvalue weighted by molar-refractivity contribution is 9.10. The van der Waals surface area contributed by atoms with E-state index in [-0.39, 0.29) is 5.91 Å². The molecule has 0 unspecified atom stereocenters. The molecule has 21 heavy (non-hydrogen) atoms. The van der Waals surface area contributed by atoms with Gasteiger partial charge in [-0.25, -0.2) is 0 Å². The van der Waals surface area contributed by atoms with Gasteiger partial charge in [0.05, 0.1) is 6.54 Å². The smallest absolute Gasteiger partial charge is 0.251 e. The largest absolute Gasteiger partial charge is 0.492 e. The number of nitrogen functional groups attached to an aromatic ring is 1. The van der Waals surface area contributed by atoms with Crippen molar-refractivity contribution in [1.82, 2.24) is 5.32 Å². The van der Waals surface area contributed by atoms with Crippen LogP contribution in [0.4, 0.5) is 5.69 Å². The highest BCUT2D eigenvalue weighted by Crippen LogP contribution is 2.15. The van der Waals surface area contributed by atoms with Crippen molar-refractivity contribution in [1.29, 1.82) is 0 Å². The van der Waals surface area contributed by atoms with Gasteiger partial charge in [-0.2, -0.15) is 0 Å². The zero-order chi connectivity index (χ0) is 15.2. The van der Waals surface area contributed by atoms with Gasteiger partial charge in [-0.15, -0.1) is 0 Å². The minimum absolute atomic E-state index is 0.115. The monoisotopic (exact) mass is 348 g/mol. The number of anilines is 1. The average molecular weight is 349 g/mol. The highest BCUT2D eigenvalue weighted by Gasteiger charge is 2.06. The van der Waals surface area contributed by atoms with Crippen LogP contribution in [0.1, 0.15) is 15.9 Å². The fourth-order valence-electron chi connectivity index (χ4n) is 1.91. The Morgan fingerprint density at radius 3 is 2.81 bits per heavy atom. The summed E-state index contributed by atoms with van der Waals surface area (Å²) in [5, 5.41) is 2.82. The molecule has 0 aliphatic rings. The van der Waals surface area contributed by atoms with Gasteiger partial charge in [0.2, 0.25) is 0 Å². The van der Waals surface area contributed by atoms with Crippen molar-refractivity contribution in [2.45, 2.75) is 6.92 Å². The first-order valence-electron chi connectivity index (χ1n) is 6.58. The molecular weight excluding hydrogens is 332 g/mol. The van der Waals surface area contributed by atoms with Crippen LogP contribution >= 0.6 is 15.9 Å². The number of rotatable bonds is 5. The fourth-order valence-corrected chi connectivity index (χ4v) is 2.51. The number of hydrogen-bond donors (Lipinski definition) is 2. The maximum atomic E-state index is 12.0. The molecule has 0 aromatic heterocycles. The molecule has 110 valence electrons. The first-order chi connectivity index (χ1) is 10.0. The minimum Gasteiger partial charge on any atom is -0.492 e. The Bertz CT molecular complexity index is 624. The molecule has 0 saturated heterocycles. The first-order valence-corrected chi connectivity index (χ1v) is 7.37. The number of benzene rings is 2. The number of hydrogen-bond acceptors (Lipinski definition) is 3. The second-order valence-electron chi connectivity index (χ2n) is 4.69. The van der Waals surface area contributed by atoms with Crippen LogP contribution < -0.4 is 15.8 Å². The molecule has 2 aromatic rings. The van der Waals surface area contributed by atoms with Crippen LogP contribution in [0.15, 0.2) is 46.9 Å². The standard InChI is InChI=1S/C16H17BrN2O2/c1-11-7-12(9-13(17)8-11)16(20)19-5-6-21-15-4-2-3-14(18)10-15/h2-4,7-10H,5-6,18H2,1H3,(H,19,20). The number of carbonyl (C=O) groups is 1. The molecule has 0 heterocycles. The summed E-state index contributed by atoms with van der Waals surface area (Å²) in [5.74, 6) is 0.582. The third-order valence-electron chi connectivity index (χ3n) is 2.82. The van der Waals surface area contributed by atoms with Gasteiger partial charge in [0.1, 0.15) is 12.4 Å². The van der Waals surface area contributed by atoms with Gasteiger partial charge in [0, 0.05) is 21.8 Å². The van der Waals surface area contributed by atoms with E-state index >= 15 is 0 Å². The quantitative estimate of drug-likeness (QED) is 0.644. The van der Waals surface area contributed by atoms with Crippen molar-refractivity contribution in [3.05, 3.63) is 58.1 Å². The van der Waals surface area contributed by atoms with Gasteiger partial charge in [-0.1, -0.05) is 22.0 Å². The van der Waals surface area contributed by atoms with Crippen LogP contribution in [0.2, 0.25) is 0 Å². The topological polar surface area (TPSA) is 64.3 Å². The molecule has 0 bridgehead atoms. The lowest BCUT2D eigenvalue weighted by atomic mass is 10.1. The van der Waals surface area contributed by atoms with Gasteiger partial charge < -0.3 is 15.8 Å². The van der Waals surface area contributed by atoms with Crippen molar-refractivity contribution >= 4 is 27.5 Å². The van der Waals surface area contributed by atoms with Gasteiger partial charge in [0.25, 0.3) is 5.91 Å². The molecule has 2 aromatic carbocycles. The lowest BCUT2D eigenvalue weighted by Gasteiger charge is -2.09. The number of ether oxygens (including phenoxy) is 1. The van der Waals surface area contributed by atoms with Gasteiger partial charge in [-0.3, -0.25) is 4.79 Å². The maximum absolute atomic E-state index is 12.0. The maximum Gasteiger partial charge on any atom is 0.251 e. The second-order valence-corrected chi connectivity index (χ2v) is 5.61. The molecule has 5 heteroatoms. The number of aryl methyl sites for hydroxylation is 1. The fraction of sp³-hybridized carbons (Fsp3) is 0.188. The Balaban J connectivity index is 1.82. The van der Waals surface area contributed by atoms with E-state index in [9.17, 15) is 4.79 Å². The lowest BCUT2D eigenvalue weighted by Crippen LogP contribution is -2.28. The van der Waals surface area contributed by atoms with Crippen LogP contribution in [0.5, 0.6) is 5.75 Å². The van der Waals surface area contributed by atoms with Gasteiger partial charge in [0.15, 0.2) is 0 Å². The molecule has 0 spiro atoms. The minimum atomic E-state index is -0.115. The zero-order valence-corrected chi connectivity index (χ0v) is 13.3. The molecule has 0 saturated carbocycles. The number of halogens is 1. The average Bonchev–Trinajstić information content (AvgIpc) is 2.42. The van der Waals surface area contributed by atoms with E-state index < -0.39 is 0 Å². The lowest BCUT2D eigenvalue weighted by molar-refractivity contribution is 0.0947. The Morgan fingerprint density at radius 1 is 1.29 bits per heavy atom. The molecule has 1 amide bonds. The Hall–Kier alpha value is -2.01. The summed E-state index contributed by atoms with van der Waals surface area (Å²) in [5.41, 5.74) is 7.98. The summed E-state index contributed by atoms with van der Waals surface area (Å²) in [6.45, 7) is 2.77. The predicted molar refractivity (Wildman–Crippen MR) is 87.6 cm³/mol. The van der Waals surface area contributed by atoms with Crippen LogP contribution in [0.25, 0.3) is 0 Å². The SMILES string of the molecule is Cc1cc(Br)cc(C(=O)NCCOc2cccc(N)c2)c1. The Kier molecular flexibility index (Phi) is 5.22. The van der Waals surface area contributed by atoms with E-state index in [0.29, 0.717) is 30.2 Å². The van der Waals surface area contributed by atoms with E-state index in [4.69, 9.17) is 10.5 Å². The van der Waals surface area contributed by atoms with E-state index in [1.165, 1.54) is 0 Å². The third-order valence-corrected chi connectivity index (χ3v) is 3.28. The highest BCUT2D eigenvalue weighted by atomic mass is 79.9. The Morgan fingerprint density at radius 2 is 2.10 bits per heavy atom. The van der Waals surface area contributed by atoms with Crippen LogP contribution in [-0.2, 0) is 0 Å². The van der Waals surface area contributed by atoms with Crippen molar-refractivity contribution in [2.75, 3.05) is 18.9 Å². The summed E-state index contributed by atoms with van der Waals surface area (Å²) in [6, 6.07) is 12.8. The zero-order valence-electron chi connectivity index (χ0n) is 11.7. The summed E-state index contributed by atoms with van der Waals surface area (Å²) in [7, 11) is 0. The third kappa shape index (κ3) is 4.79. The number of carbonyl (C=O) groups excluding carboxylic acids is 1. The molecule has 2 rings (SSSR count). The van der Waals surface area contributed by atoms with E-state index in [2.05, 4.69) is 21.2 Å². The second kappa shape index (κ2) is 7.13. The van der Waals surface area contributed by atoms with Crippen LogP contribution in [0.3, 0.4) is 0 Å². The molecule has 0 fully saturated rings. The molecule has 0 aliphatic carbocycles. The van der Waals surface area contributed by atoms with Crippen molar-refractivity contribution in [2.24, 2.45) is 0 Å². The molecule has 0 aliphatic heterocycles. The predicted octanol–water partition coefficient (Wildman–Crippen LogP) is 3.15. The summed E-state index contributed by atoms with van der Waals surface area (Å²) < 4.78 is 6.41. The van der Waals surface area contributed by atoms with E-state index in [0.717, 1.165) is 10.0 Å². The number of nitrogens with two attached hydrogens (primary N) is 1. The summed E-state index contributed by atoms with van der Waals surface area (Å²) >= 11 is 3.38. The van der Waals surface area contributed by atoms with E-state index in [1.807, 2.05) is 31.2 Å². The van der Waals surface area contributed by atoms with Crippen molar-refractivity contribution < 1.29 is 9.53 Å². The molecule has 0 atom stereocenters. The van der Waals surface area contributed by atoms with Gasteiger partial charge in [-0.05, 0) is 42.8 Å². The molecular formula is C16H17BrN2O2. The Labute approximate surface area is 132 Å². The summed E-state index contributed by atoms with van der Waals surface area (Å²) in [6.07, 6.45) is 0. The normalized spacial score (nSPS) is 10.2. The number of amides is 1. The molecule has 0 radical (unpaired) electrons. The van der Waals surface area contributed by atoms with Crippen molar-refractivity contribution in [3.8, 4) is 5.75 Å². The van der Waals surface area contributed by atoms with Crippen LogP contribution in [0, 0.1) is 6.92 Å². The summed E-state index contributed by atoms with van der Waals surface area (Å²) in [4.78, 5) is 12.0. The van der Waals surface area contributed by atoms with Crippen molar-refractivity contribution in [3.63, 3.8) is 0 Å². The number of nitrogens with one attached hydrogen (secondary N) is 1. The van der Waals surface area contributed by atoms with Gasteiger partial charge >= 0.3 is 0 Å². The van der Waals surface area contributed by atoms with Crippen LogP contribution in [-0.4, -0.2) is 19.1 Å². The first kappa shape index (κ1) is 15.4. The molecule has 3 N–H and O–H groups in total.